The number of benzene rings is 1. The lowest BCUT2D eigenvalue weighted by atomic mass is 10.1. The van der Waals surface area contributed by atoms with Crippen molar-refractivity contribution in [1.82, 2.24) is 25.5 Å². The second-order valence-electron chi connectivity index (χ2n) is 5.10. The van der Waals surface area contributed by atoms with Crippen LogP contribution in [-0.2, 0) is 11.3 Å². The zero-order valence-electron chi connectivity index (χ0n) is 12.7. The Kier molecular flexibility index (Phi) is 4.73. The Balaban J connectivity index is 1.74. The number of nitrogens with one attached hydrogen (secondary N) is 1. The van der Waals surface area contributed by atoms with Gasteiger partial charge in [0.25, 0.3) is 5.91 Å². The molecule has 2 N–H and O–H groups in total. The number of hydrogen-bond acceptors (Lipinski definition) is 5. The number of nitrogens with zero attached hydrogens (tertiary/aromatic N) is 4. The smallest absolute Gasteiger partial charge is 0.267 e. The lowest BCUT2D eigenvalue weighted by Crippen LogP contribution is -2.14. The number of amides is 1. The Morgan fingerprint density at radius 2 is 2.21 bits per heavy atom. The molecule has 3 rings (SSSR count). The van der Waals surface area contributed by atoms with Crippen molar-refractivity contribution in [2.24, 2.45) is 0 Å². The maximum Gasteiger partial charge on any atom is 0.267 e. The van der Waals surface area contributed by atoms with E-state index < -0.39 is 5.91 Å². The summed E-state index contributed by atoms with van der Waals surface area (Å²) in [5, 5.41) is 16.8. The molecule has 0 radical (unpaired) electrons. The Bertz CT molecular complexity index is 858. The highest BCUT2D eigenvalue weighted by Gasteiger charge is 2.04. The van der Waals surface area contributed by atoms with E-state index in [0.29, 0.717) is 6.54 Å². The van der Waals surface area contributed by atoms with E-state index in [4.69, 9.17) is 5.21 Å². The van der Waals surface area contributed by atoms with Crippen molar-refractivity contribution in [2.75, 3.05) is 0 Å². The van der Waals surface area contributed by atoms with E-state index in [1.54, 1.807) is 28.6 Å². The molecule has 0 atom stereocenters. The first-order chi connectivity index (χ1) is 11.7. The van der Waals surface area contributed by atoms with Gasteiger partial charge in [-0.2, -0.15) is 0 Å². The van der Waals surface area contributed by atoms with Crippen molar-refractivity contribution in [2.45, 2.75) is 6.54 Å². The topological polar surface area (TPSA) is 92.9 Å². The van der Waals surface area contributed by atoms with E-state index in [-0.39, 0.29) is 0 Å². The summed E-state index contributed by atoms with van der Waals surface area (Å²) in [4.78, 5) is 15.1. The van der Waals surface area contributed by atoms with Crippen molar-refractivity contribution in [1.29, 1.82) is 0 Å². The third-order valence-electron chi connectivity index (χ3n) is 3.33. The predicted molar refractivity (Wildman–Crippen MR) is 87.8 cm³/mol. The Hall–Kier alpha value is -3.32. The van der Waals surface area contributed by atoms with E-state index in [1.165, 1.54) is 6.08 Å². The summed E-state index contributed by atoms with van der Waals surface area (Å²) in [6.45, 7) is 0.557. The van der Waals surface area contributed by atoms with Gasteiger partial charge in [0.15, 0.2) is 0 Å². The number of pyridine rings is 1. The molecule has 0 saturated heterocycles. The summed E-state index contributed by atoms with van der Waals surface area (Å²) in [5.41, 5.74) is 5.10. The van der Waals surface area contributed by atoms with Gasteiger partial charge in [-0.15, -0.1) is 5.10 Å². The lowest BCUT2D eigenvalue weighted by Gasteiger charge is -2.02. The third-order valence-corrected chi connectivity index (χ3v) is 3.33. The molecule has 3 aromatic rings. The minimum atomic E-state index is -0.571. The number of hydrogen-bond donors (Lipinski definition) is 2. The van der Waals surface area contributed by atoms with Crippen LogP contribution in [-0.4, -0.2) is 31.1 Å². The molecular formula is C17H15N5O2. The predicted octanol–water partition coefficient (Wildman–Crippen LogP) is 1.91. The minimum absolute atomic E-state index is 0.557. The van der Waals surface area contributed by atoms with Gasteiger partial charge < -0.3 is 0 Å². The molecule has 24 heavy (non-hydrogen) atoms. The first-order valence-corrected chi connectivity index (χ1v) is 7.26. The average Bonchev–Trinajstić information content (AvgIpc) is 3.09. The van der Waals surface area contributed by atoms with Crippen molar-refractivity contribution < 1.29 is 10.0 Å². The normalized spacial score (nSPS) is 10.9. The molecule has 0 bridgehead atoms. The van der Waals surface area contributed by atoms with Gasteiger partial charge in [0.1, 0.15) is 5.69 Å². The van der Waals surface area contributed by atoms with Gasteiger partial charge in [-0.1, -0.05) is 23.4 Å². The Morgan fingerprint density at radius 1 is 1.29 bits per heavy atom. The quantitative estimate of drug-likeness (QED) is 0.425. The molecule has 0 aliphatic carbocycles. The van der Waals surface area contributed by atoms with Crippen LogP contribution in [0.1, 0.15) is 11.1 Å². The molecule has 2 aromatic heterocycles. The maximum absolute atomic E-state index is 11.0. The summed E-state index contributed by atoms with van der Waals surface area (Å²) in [6, 6.07) is 11.4. The number of hydroxylamine groups is 1. The number of carbonyl (C=O) groups excluding carboxylic acids is 1. The summed E-state index contributed by atoms with van der Waals surface area (Å²) in [7, 11) is 0. The number of aromatic nitrogens is 4. The van der Waals surface area contributed by atoms with Crippen LogP contribution in [0.15, 0.2) is 61.1 Å². The van der Waals surface area contributed by atoms with Gasteiger partial charge >= 0.3 is 0 Å². The van der Waals surface area contributed by atoms with Gasteiger partial charge in [-0.05, 0) is 35.4 Å². The standard InChI is InChI=1S/C17H15N5O2/c23-17(20-24)7-6-13-3-1-4-14(9-13)11-22-12-16(19-21-22)15-5-2-8-18-10-15/h1-10,12,24H,11H2,(H,20,23)/b7-6+. The molecule has 1 aromatic carbocycles. The molecule has 0 fully saturated rings. The highest BCUT2D eigenvalue weighted by Crippen LogP contribution is 2.15. The molecule has 0 aliphatic rings. The molecule has 7 nitrogen and oxygen atoms in total. The zero-order valence-corrected chi connectivity index (χ0v) is 12.7. The van der Waals surface area contributed by atoms with E-state index >= 15 is 0 Å². The number of carbonyl (C=O) groups is 1. The molecule has 0 saturated carbocycles. The third kappa shape index (κ3) is 3.90. The highest BCUT2D eigenvalue weighted by atomic mass is 16.5. The van der Waals surface area contributed by atoms with Gasteiger partial charge in [0.2, 0.25) is 0 Å². The molecule has 7 heteroatoms. The molecule has 0 spiro atoms. The summed E-state index contributed by atoms with van der Waals surface area (Å²) in [5.74, 6) is -0.571. The minimum Gasteiger partial charge on any atom is -0.288 e. The number of rotatable bonds is 5. The van der Waals surface area contributed by atoms with Crippen LogP contribution in [0.5, 0.6) is 0 Å². The van der Waals surface area contributed by atoms with Gasteiger partial charge in [0.05, 0.1) is 12.7 Å². The van der Waals surface area contributed by atoms with Crippen molar-refractivity contribution in [3.63, 3.8) is 0 Å². The van der Waals surface area contributed by atoms with E-state index in [9.17, 15) is 4.79 Å². The largest absolute Gasteiger partial charge is 0.288 e. The average molecular weight is 321 g/mol. The lowest BCUT2D eigenvalue weighted by molar-refractivity contribution is -0.124. The summed E-state index contributed by atoms with van der Waals surface area (Å²) >= 11 is 0. The van der Waals surface area contributed by atoms with Crippen LogP contribution in [0.25, 0.3) is 17.3 Å². The molecule has 2 heterocycles. The van der Waals surface area contributed by atoms with Crippen molar-refractivity contribution in [3.8, 4) is 11.3 Å². The van der Waals surface area contributed by atoms with Crippen LogP contribution in [0.3, 0.4) is 0 Å². The maximum atomic E-state index is 11.0. The van der Waals surface area contributed by atoms with Crippen LogP contribution in [0, 0.1) is 0 Å². The zero-order chi connectivity index (χ0) is 16.8. The SMILES string of the molecule is O=C(/C=C/c1cccc(Cn2cc(-c3cccnc3)nn2)c1)NO. The first-order valence-electron chi connectivity index (χ1n) is 7.26. The van der Waals surface area contributed by atoms with Crippen LogP contribution >= 0.6 is 0 Å². The molecule has 0 unspecified atom stereocenters. The molecule has 0 aliphatic heterocycles. The van der Waals surface area contributed by atoms with Gasteiger partial charge in [-0.25, -0.2) is 10.2 Å². The van der Waals surface area contributed by atoms with Crippen LogP contribution in [0.4, 0.5) is 0 Å². The second-order valence-corrected chi connectivity index (χ2v) is 5.10. The van der Waals surface area contributed by atoms with Crippen LogP contribution in [0.2, 0.25) is 0 Å². The van der Waals surface area contributed by atoms with E-state index in [1.807, 2.05) is 42.6 Å². The second kappa shape index (κ2) is 7.30. The van der Waals surface area contributed by atoms with Crippen LogP contribution < -0.4 is 5.48 Å². The Labute approximate surface area is 138 Å². The fourth-order valence-electron chi connectivity index (χ4n) is 2.21. The van der Waals surface area contributed by atoms with Gasteiger partial charge in [0, 0.05) is 24.0 Å². The fraction of sp³-hybridized carbons (Fsp3) is 0.0588. The van der Waals surface area contributed by atoms with Gasteiger partial charge in [-0.3, -0.25) is 15.0 Å². The summed E-state index contributed by atoms with van der Waals surface area (Å²) < 4.78 is 1.74. The molecule has 1 amide bonds. The first kappa shape index (κ1) is 15.6. The highest BCUT2D eigenvalue weighted by molar-refractivity contribution is 5.90. The molecule has 120 valence electrons. The summed E-state index contributed by atoms with van der Waals surface area (Å²) in [6.07, 6.45) is 8.20. The van der Waals surface area contributed by atoms with Crippen molar-refractivity contribution in [3.05, 3.63) is 72.2 Å². The van der Waals surface area contributed by atoms with E-state index in [0.717, 1.165) is 22.4 Å². The van der Waals surface area contributed by atoms with E-state index in [2.05, 4.69) is 15.3 Å². The Morgan fingerprint density at radius 3 is 3.00 bits per heavy atom. The monoisotopic (exact) mass is 321 g/mol. The van der Waals surface area contributed by atoms with Crippen molar-refractivity contribution >= 4 is 12.0 Å². The fourth-order valence-corrected chi connectivity index (χ4v) is 2.21. The molecular weight excluding hydrogens is 306 g/mol.